The number of carbonyl (C=O) groups is 1. The molecule has 1 aromatic heterocycles. The number of benzene rings is 2. The lowest BCUT2D eigenvalue weighted by Crippen LogP contribution is -2.17. The molecule has 2 aromatic carbocycles. The maximum absolute atomic E-state index is 13.2. The molecule has 0 aliphatic rings. The third kappa shape index (κ3) is 4.89. The highest BCUT2D eigenvalue weighted by Gasteiger charge is 2.25. The Labute approximate surface area is 187 Å². The van der Waals surface area contributed by atoms with Gasteiger partial charge < -0.3 is 4.74 Å². The molecule has 162 valence electrons. The van der Waals surface area contributed by atoms with Crippen molar-refractivity contribution >= 4 is 33.1 Å². The van der Waals surface area contributed by atoms with Gasteiger partial charge in [-0.3, -0.25) is 14.5 Å². The van der Waals surface area contributed by atoms with Crippen LogP contribution in [0, 0.1) is 0 Å². The van der Waals surface area contributed by atoms with Crippen molar-refractivity contribution < 1.29 is 17.9 Å². The number of hydrogen-bond acceptors (Lipinski definition) is 5. The standard InChI is InChI=1S/C23H23ClN2O4S/c1-23(2,3)16-5-7-17(8-6-16)31(28,29)26-19-10-9-18(24)22(30-4)20(19)21(27)15-11-13-25-14-12-15/h5-14,26H,1-4H3. The zero-order chi connectivity index (χ0) is 22.8. The molecule has 0 aliphatic heterocycles. The molecule has 0 aliphatic carbocycles. The zero-order valence-corrected chi connectivity index (χ0v) is 19.2. The molecule has 31 heavy (non-hydrogen) atoms. The lowest BCUT2D eigenvalue weighted by molar-refractivity contribution is 0.103. The normalized spacial score (nSPS) is 11.8. The van der Waals surface area contributed by atoms with Crippen LogP contribution in [0.15, 0.2) is 65.8 Å². The Morgan fingerprint density at radius 3 is 2.16 bits per heavy atom. The van der Waals surface area contributed by atoms with E-state index in [4.69, 9.17) is 16.3 Å². The van der Waals surface area contributed by atoms with Crippen LogP contribution in [0.5, 0.6) is 5.75 Å². The summed E-state index contributed by atoms with van der Waals surface area (Å²) >= 11 is 6.21. The summed E-state index contributed by atoms with van der Waals surface area (Å²) < 4.78 is 33.9. The first-order chi connectivity index (χ1) is 14.5. The minimum atomic E-state index is -3.96. The summed E-state index contributed by atoms with van der Waals surface area (Å²) in [6.07, 6.45) is 2.95. The fourth-order valence-electron chi connectivity index (χ4n) is 3.05. The first-order valence-corrected chi connectivity index (χ1v) is 11.4. The summed E-state index contributed by atoms with van der Waals surface area (Å²) in [5, 5.41) is 0.192. The number of carbonyl (C=O) groups excluding carboxylic acids is 1. The SMILES string of the molecule is COc1c(Cl)ccc(NS(=O)(=O)c2ccc(C(C)(C)C)cc2)c1C(=O)c1ccncc1. The summed E-state index contributed by atoms with van der Waals surface area (Å²) in [4.78, 5) is 17.2. The predicted octanol–water partition coefficient (Wildman–Crippen LogP) is 5.07. The van der Waals surface area contributed by atoms with E-state index in [2.05, 4.69) is 9.71 Å². The Bertz CT molecular complexity index is 1200. The Balaban J connectivity index is 2.06. The summed E-state index contributed by atoms with van der Waals surface area (Å²) in [5.41, 5.74) is 1.32. The quantitative estimate of drug-likeness (QED) is 0.521. The number of ketones is 1. The number of aromatic nitrogens is 1. The molecule has 0 bridgehead atoms. The van der Waals surface area contributed by atoms with Crippen molar-refractivity contribution in [1.82, 2.24) is 4.98 Å². The van der Waals surface area contributed by atoms with Crippen molar-refractivity contribution in [2.24, 2.45) is 0 Å². The molecule has 0 fully saturated rings. The highest BCUT2D eigenvalue weighted by molar-refractivity contribution is 7.92. The number of ether oxygens (including phenoxy) is 1. The summed E-state index contributed by atoms with van der Waals surface area (Å²) in [5.74, 6) is -0.353. The molecule has 0 atom stereocenters. The zero-order valence-electron chi connectivity index (χ0n) is 17.6. The Kier molecular flexibility index (Phi) is 6.38. The van der Waals surface area contributed by atoms with Crippen molar-refractivity contribution in [2.45, 2.75) is 31.1 Å². The fourth-order valence-corrected chi connectivity index (χ4v) is 4.36. The second-order valence-electron chi connectivity index (χ2n) is 7.95. The van der Waals surface area contributed by atoms with Crippen LogP contribution in [0.2, 0.25) is 5.02 Å². The van der Waals surface area contributed by atoms with Gasteiger partial charge in [0.15, 0.2) is 11.5 Å². The first-order valence-electron chi connectivity index (χ1n) is 9.49. The molecule has 1 heterocycles. The third-order valence-corrected chi connectivity index (χ3v) is 6.44. The van der Waals surface area contributed by atoms with Crippen LogP contribution >= 0.6 is 11.6 Å². The number of pyridine rings is 1. The minimum Gasteiger partial charge on any atom is -0.494 e. The highest BCUT2D eigenvalue weighted by atomic mass is 35.5. The van der Waals surface area contributed by atoms with Crippen LogP contribution in [-0.4, -0.2) is 26.3 Å². The van der Waals surface area contributed by atoms with Gasteiger partial charge in [-0.15, -0.1) is 0 Å². The lowest BCUT2D eigenvalue weighted by Gasteiger charge is -2.19. The van der Waals surface area contributed by atoms with Gasteiger partial charge in [0.1, 0.15) is 0 Å². The average molecular weight is 459 g/mol. The van der Waals surface area contributed by atoms with E-state index in [0.717, 1.165) is 5.56 Å². The number of halogens is 1. The van der Waals surface area contributed by atoms with E-state index in [1.54, 1.807) is 24.3 Å². The monoisotopic (exact) mass is 458 g/mol. The van der Waals surface area contributed by atoms with E-state index in [-0.39, 0.29) is 32.3 Å². The topological polar surface area (TPSA) is 85.4 Å². The number of rotatable bonds is 6. The fraction of sp³-hybridized carbons (Fsp3) is 0.217. The molecule has 0 unspecified atom stereocenters. The average Bonchev–Trinajstić information content (AvgIpc) is 2.74. The van der Waals surface area contributed by atoms with Crippen molar-refractivity contribution in [3.8, 4) is 5.75 Å². The van der Waals surface area contributed by atoms with Gasteiger partial charge in [0.05, 0.1) is 28.3 Å². The Morgan fingerprint density at radius 1 is 1.00 bits per heavy atom. The number of sulfonamides is 1. The number of hydrogen-bond donors (Lipinski definition) is 1. The largest absolute Gasteiger partial charge is 0.494 e. The predicted molar refractivity (Wildman–Crippen MR) is 122 cm³/mol. The van der Waals surface area contributed by atoms with E-state index < -0.39 is 15.8 Å². The highest BCUT2D eigenvalue weighted by Crippen LogP contribution is 2.36. The molecule has 3 aromatic rings. The second kappa shape index (κ2) is 8.69. The number of nitrogens with zero attached hydrogens (tertiary/aromatic N) is 1. The number of nitrogens with one attached hydrogen (secondary N) is 1. The van der Waals surface area contributed by atoms with Gasteiger partial charge in [-0.25, -0.2) is 8.42 Å². The third-order valence-electron chi connectivity index (χ3n) is 4.76. The minimum absolute atomic E-state index is 0.0242. The summed E-state index contributed by atoms with van der Waals surface area (Å²) in [6, 6.07) is 12.6. The number of anilines is 1. The molecule has 3 rings (SSSR count). The van der Waals surface area contributed by atoms with E-state index in [1.165, 1.54) is 43.8 Å². The van der Waals surface area contributed by atoms with Crippen molar-refractivity contribution in [3.63, 3.8) is 0 Å². The Morgan fingerprint density at radius 2 is 1.61 bits per heavy atom. The maximum atomic E-state index is 13.2. The Hall–Kier alpha value is -2.90. The van der Waals surface area contributed by atoms with Crippen LogP contribution < -0.4 is 9.46 Å². The molecule has 8 heteroatoms. The summed E-state index contributed by atoms with van der Waals surface area (Å²) in [6.45, 7) is 6.14. The van der Waals surface area contributed by atoms with Gasteiger partial charge in [0.2, 0.25) is 0 Å². The molecule has 0 saturated carbocycles. The molecular formula is C23H23ClN2O4S. The van der Waals surface area contributed by atoms with E-state index >= 15 is 0 Å². The molecule has 1 N–H and O–H groups in total. The van der Waals surface area contributed by atoms with Gasteiger partial charge in [-0.2, -0.15) is 0 Å². The lowest BCUT2D eigenvalue weighted by atomic mass is 9.87. The van der Waals surface area contributed by atoms with Crippen LogP contribution in [0.4, 0.5) is 5.69 Å². The van der Waals surface area contributed by atoms with Gasteiger partial charge in [0, 0.05) is 18.0 Å². The van der Waals surface area contributed by atoms with Gasteiger partial charge >= 0.3 is 0 Å². The van der Waals surface area contributed by atoms with Crippen LogP contribution in [-0.2, 0) is 15.4 Å². The van der Waals surface area contributed by atoms with Gasteiger partial charge in [0.25, 0.3) is 10.0 Å². The first kappa shape index (κ1) is 22.8. The van der Waals surface area contributed by atoms with Crippen LogP contribution in [0.25, 0.3) is 0 Å². The van der Waals surface area contributed by atoms with Crippen molar-refractivity contribution in [1.29, 1.82) is 0 Å². The number of methoxy groups -OCH3 is 1. The molecule has 0 saturated heterocycles. The maximum Gasteiger partial charge on any atom is 0.261 e. The van der Waals surface area contributed by atoms with E-state index in [1.807, 2.05) is 20.8 Å². The van der Waals surface area contributed by atoms with Crippen LogP contribution in [0.1, 0.15) is 42.3 Å². The molecule has 0 amide bonds. The van der Waals surface area contributed by atoms with Crippen molar-refractivity contribution in [3.05, 3.63) is 82.6 Å². The second-order valence-corrected chi connectivity index (χ2v) is 10.0. The van der Waals surface area contributed by atoms with Gasteiger partial charge in [-0.1, -0.05) is 44.5 Å². The van der Waals surface area contributed by atoms with E-state index in [9.17, 15) is 13.2 Å². The molecular weight excluding hydrogens is 436 g/mol. The molecule has 0 spiro atoms. The molecule has 6 nitrogen and oxygen atoms in total. The smallest absolute Gasteiger partial charge is 0.261 e. The van der Waals surface area contributed by atoms with Crippen LogP contribution in [0.3, 0.4) is 0 Å². The molecule has 0 radical (unpaired) electrons. The summed E-state index contributed by atoms with van der Waals surface area (Å²) in [7, 11) is -2.60. The van der Waals surface area contributed by atoms with Gasteiger partial charge in [-0.05, 0) is 47.4 Å². The van der Waals surface area contributed by atoms with E-state index in [0.29, 0.717) is 5.56 Å². The van der Waals surface area contributed by atoms with Crippen molar-refractivity contribution in [2.75, 3.05) is 11.8 Å².